The topological polar surface area (TPSA) is 97.0 Å². The fraction of sp³-hybridized carbons (Fsp3) is 0.423. The molecular weight excluding hydrogens is 470 g/mol. The molecule has 1 saturated heterocycles. The lowest BCUT2D eigenvalue weighted by molar-refractivity contribution is -0.130. The van der Waals surface area contributed by atoms with Crippen molar-refractivity contribution >= 4 is 40.7 Å². The molecule has 1 saturated carbocycles. The zero-order valence-electron chi connectivity index (χ0n) is 19.5. The number of hydrogen-bond donors (Lipinski definition) is 2. The molecule has 2 heterocycles. The SMILES string of the molecule is CN1C(=O)c2cc(NC(=O)C3CC3)ccc2OC[C@H]2O[C@@H](CC(=O)Nc3ccc(Cl)cc3)CC[C@@H]21. The van der Waals surface area contributed by atoms with Crippen LogP contribution < -0.4 is 15.4 Å². The Hall–Kier alpha value is -3.10. The van der Waals surface area contributed by atoms with Crippen molar-refractivity contribution in [2.24, 2.45) is 5.92 Å². The standard InChI is InChI=1S/C26H28ClN3O5/c1-30-21-10-9-19(13-24(31)28-17-6-4-16(27)5-7-17)35-23(21)14-34-22-11-8-18(12-20(22)26(30)33)29-25(32)15-2-3-15/h4-8,11-12,15,19,21,23H,2-3,9-10,13-14H2,1H3,(H,28,31)(H,29,32)/t19-,21+,23-/m1/s1. The maximum absolute atomic E-state index is 13.3. The number of rotatable bonds is 5. The minimum atomic E-state index is -0.353. The Labute approximate surface area is 208 Å². The van der Waals surface area contributed by atoms with Gasteiger partial charge >= 0.3 is 0 Å². The van der Waals surface area contributed by atoms with E-state index in [9.17, 15) is 14.4 Å². The van der Waals surface area contributed by atoms with Crippen LogP contribution in [0.2, 0.25) is 5.02 Å². The normalized spacial score (nSPS) is 23.8. The van der Waals surface area contributed by atoms with Gasteiger partial charge in [0, 0.05) is 29.4 Å². The number of nitrogens with zero attached hydrogens (tertiary/aromatic N) is 1. The van der Waals surface area contributed by atoms with E-state index in [1.807, 2.05) is 0 Å². The lowest BCUT2D eigenvalue weighted by Crippen LogP contribution is -2.53. The van der Waals surface area contributed by atoms with Crippen molar-refractivity contribution in [3.63, 3.8) is 0 Å². The highest BCUT2D eigenvalue weighted by molar-refractivity contribution is 6.30. The number of amides is 3. The number of nitrogens with one attached hydrogen (secondary N) is 2. The van der Waals surface area contributed by atoms with E-state index < -0.39 is 0 Å². The molecule has 0 radical (unpaired) electrons. The van der Waals surface area contributed by atoms with Gasteiger partial charge in [0.05, 0.1) is 24.1 Å². The molecule has 2 N–H and O–H groups in total. The monoisotopic (exact) mass is 497 g/mol. The summed E-state index contributed by atoms with van der Waals surface area (Å²) in [5.41, 5.74) is 1.69. The van der Waals surface area contributed by atoms with Crippen LogP contribution in [0.4, 0.5) is 11.4 Å². The fourth-order valence-corrected chi connectivity index (χ4v) is 4.77. The number of halogens is 1. The van der Waals surface area contributed by atoms with Gasteiger partial charge in [0.2, 0.25) is 11.8 Å². The lowest BCUT2D eigenvalue weighted by Gasteiger charge is -2.42. The van der Waals surface area contributed by atoms with E-state index in [0.717, 1.165) is 12.8 Å². The van der Waals surface area contributed by atoms with Gasteiger partial charge in [-0.15, -0.1) is 0 Å². The zero-order valence-corrected chi connectivity index (χ0v) is 20.2. The first kappa shape index (κ1) is 23.6. The Kier molecular flexibility index (Phi) is 6.67. The molecule has 2 aromatic rings. The highest BCUT2D eigenvalue weighted by atomic mass is 35.5. The summed E-state index contributed by atoms with van der Waals surface area (Å²) in [5.74, 6) is 0.200. The van der Waals surface area contributed by atoms with Gasteiger partial charge in [-0.1, -0.05) is 11.6 Å². The molecule has 2 aliphatic heterocycles. The van der Waals surface area contributed by atoms with Gasteiger partial charge in [0.25, 0.3) is 5.91 Å². The molecule has 8 nitrogen and oxygen atoms in total. The summed E-state index contributed by atoms with van der Waals surface area (Å²) in [7, 11) is 1.77. The summed E-state index contributed by atoms with van der Waals surface area (Å²) in [6, 6.07) is 11.9. The molecule has 184 valence electrons. The largest absolute Gasteiger partial charge is 0.490 e. The van der Waals surface area contributed by atoms with Crippen LogP contribution in [-0.4, -0.2) is 54.5 Å². The average Bonchev–Trinajstić information content (AvgIpc) is 3.69. The number of ether oxygens (including phenoxy) is 2. The molecule has 1 aliphatic carbocycles. The van der Waals surface area contributed by atoms with E-state index >= 15 is 0 Å². The van der Waals surface area contributed by atoms with Crippen LogP contribution in [-0.2, 0) is 14.3 Å². The molecule has 2 aromatic carbocycles. The van der Waals surface area contributed by atoms with Crippen LogP contribution in [0, 0.1) is 5.92 Å². The summed E-state index contributed by atoms with van der Waals surface area (Å²) in [5, 5.41) is 6.36. The van der Waals surface area contributed by atoms with E-state index in [2.05, 4.69) is 10.6 Å². The second kappa shape index (κ2) is 9.87. The summed E-state index contributed by atoms with van der Waals surface area (Å²) >= 11 is 5.90. The Bertz CT molecular complexity index is 1130. The van der Waals surface area contributed by atoms with Crippen molar-refractivity contribution in [2.75, 3.05) is 24.3 Å². The number of hydrogen-bond acceptors (Lipinski definition) is 5. The van der Waals surface area contributed by atoms with Crippen LogP contribution >= 0.6 is 11.6 Å². The second-order valence-electron chi connectivity index (χ2n) is 9.40. The maximum Gasteiger partial charge on any atom is 0.257 e. The summed E-state index contributed by atoms with van der Waals surface area (Å²) in [4.78, 5) is 39.7. The Morgan fingerprint density at radius 3 is 2.51 bits per heavy atom. The fourth-order valence-electron chi connectivity index (χ4n) is 4.65. The van der Waals surface area contributed by atoms with Gasteiger partial charge in [-0.3, -0.25) is 14.4 Å². The van der Waals surface area contributed by atoms with Gasteiger partial charge in [-0.25, -0.2) is 0 Å². The summed E-state index contributed by atoms with van der Waals surface area (Å²) in [6.07, 6.45) is 2.76. The van der Waals surface area contributed by atoms with Crippen molar-refractivity contribution in [3.05, 3.63) is 53.1 Å². The van der Waals surface area contributed by atoms with Crippen molar-refractivity contribution in [2.45, 2.75) is 50.4 Å². The average molecular weight is 498 g/mol. The van der Waals surface area contributed by atoms with Gasteiger partial charge in [-0.05, 0) is 68.1 Å². The highest BCUT2D eigenvalue weighted by Crippen LogP contribution is 2.34. The van der Waals surface area contributed by atoms with Crippen LogP contribution in [0.5, 0.6) is 5.75 Å². The Morgan fingerprint density at radius 1 is 1.03 bits per heavy atom. The lowest BCUT2D eigenvalue weighted by atomic mass is 9.94. The van der Waals surface area contributed by atoms with Crippen LogP contribution in [0.1, 0.15) is 42.5 Å². The minimum Gasteiger partial charge on any atom is -0.490 e. The smallest absolute Gasteiger partial charge is 0.257 e. The first-order chi connectivity index (χ1) is 16.9. The molecule has 9 heteroatoms. The van der Waals surface area contributed by atoms with Gasteiger partial charge in [0.15, 0.2) is 0 Å². The summed E-state index contributed by atoms with van der Waals surface area (Å²) < 4.78 is 12.2. The molecule has 3 aliphatic rings. The number of benzene rings is 2. The van der Waals surface area contributed by atoms with Gasteiger partial charge < -0.3 is 25.0 Å². The van der Waals surface area contributed by atoms with E-state index in [4.69, 9.17) is 21.1 Å². The number of anilines is 2. The maximum atomic E-state index is 13.3. The molecule has 3 amide bonds. The molecule has 2 fully saturated rings. The van der Waals surface area contributed by atoms with Gasteiger partial charge in [0.1, 0.15) is 18.5 Å². The van der Waals surface area contributed by atoms with Crippen molar-refractivity contribution < 1.29 is 23.9 Å². The Morgan fingerprint density at radius 2 is 1.77 bits per heavy atom. The number of fused-ring (bicyclic) bond motifs is 2. The van der Waals surface area contributed by atoms with Gasteiger partial charge in [-0.2, -0.15) is 0 Å². The van der Waals surface area contributed by atoms with E-state index in [1.54, 1.807) is 54.4 Å². The third-order valence-corrected chi connectivity index (χ3v) is 7.02. The van der Waals surface area contributed by atoms with Crippen molar-refractivity contribution in [3.8, 4) is 5.75 Å². The molecule has 0 spiro atoms. The molecule has 0 aromatic heterocycles. The molecule has 0 unspecified atom stereocenters. The first-order valence-electron chi connectivity index (χ1n) is 11.9. The molecule has 3 atom stereocenters. The van der Waals surface area contributed by atoms with E-state index in [0.29, 0.717) is 40.6 Å². The zero-order chi connectivity index (χ0) is 24.5. The molecule has 5 rings (SSSR count). The van der Waals surface area contributed by atoms with Crippen LogP contribution in [0.15, 0.2) is 42.5 Å². The predicted octanol–water partition coefficient (Wildman–Crippen LogP) is 4.10. The molecule has 35 heavy (non-hydrogen) atoms. The quantitative estimate of drug-likeness (QED) is 0.648. The Balaban J connectivity index is 1.24. The minimum absolute atomic E-state index is 0.00981. The van der Waals surface area contributed by atoms with Crippen molar-refractivity contribution in [1.29, 1.82) is 0 Å². The second-order valence-corrected chi connectivity index (χ2v) is 9.84. The third-order valence-electron chi connectivity index (χ3n) is 6.77. The van der Waals surface area contributed by atoms with Crippen LogP contribution in [0.3, 0.4) is 0 Å². The van der Waals surface area contributed by atoms with Crippen molar-refractivity contribution in [1.82, 2.24) is 4.90 Å². The molecule has 0 bridgehead atoms. The summed E-state index contributed by atoms with van der Waals surface area (Å²) in [6.45, 7) is 0.262. The van der Waals surface area contributed by atoms with Crippen LogP contribution in [0.25, 0.3) is 0 Å². The number of carbonyl (C=O) groups is 3. The predicted molar refractivity (Wildman–Crippen MR) is 132 cm³/mol. The highest BCUT2D eigenvalue weighted by Gasteiger charge is 2.39. The van der Waals surface area contributed by atoms with E-state index in [1.165, 1.54) is 0 Å². The molecular formula is C26H28ClN3O5. The number of carbonyl (C=O) groups excluding carboxylic acids is 3. The van der Waals surface area contributed by atoms with E-state index in [-0.39, 0.29) is 54.9 Å². The number of likely N-dealkylation sites (N-methyl/N-ethyl adjacent to an activating group) is 1. The first-order valence-corrected chi connectivity index (χ1v) is 12.3. The third kappa shape index (κ3) is 5.44.